The Morgan fingerprint density at radius 2 is 2.19 bits per heavy atom. The summed E-state index contributed by atoms with van der Waals surface area (Å²) in [6.45, 7) is 2.33. The molecule has 21 heavy (non-hydrogen) atoms. The topological polar surface area (TPSA) is 79.5 Å². The number of hydrogen-bond acceptors (Lipinski definition) is 4. The first kappa shape index (κ1) is 13.2. The number of allylic oxidation sites excluding steroid dienone is 1. The van der Waals surface area contributed by atoms with Gasteiger partial charge in [0.25, 0.3) is 5.56 Å². The molecular weight excluding hydrogens is 270 g/mol. The summed E-state index contributed by atoms with van der Waals surface area (Å²) < 4.78 is 10.6. The van der Waals surface area contributed by atoms with Crippen molar-refractivity contribution in [2.75, 3.05) is 13.7 Å². The highest BCUT2D eigenvalue weighted by Crippen LogP contribution is 2.16. The highest BCUT2D eigenvalue weighted by atomic mass is 16.5. The van der Waals surface area contributed by atoms with Crippen LogP contribution in [0.4, 0.5) is 0 Å². The number of H-pyrrole nitrogens is 2. The van der Waals surface area contributed by atoms with Gasteiger partial charge in [-0.05, 0) is 37.3 Å². The number of aromatic nitrogens is 2. The molecule has 1 aliphatic rings. The Labute approximate surface area is 120 Å². The van der Waals surface area contributed by atoms with E-state index in [0.717, 1.165) is 16.3 Å². The smallest absolute Gasteiger partial charge is 0.275 e. The zero-order valence-electron chi connectivity index (χ0n) is 11.8. The third-order valence-electron chi connectivity index (χ3n) is 3.15. The highest BCUT2D eigenvalue weighted by Gasteiger charge is 2.10. The Morgan fingerprint density at radius 3 is 2.95 bits per heavy atom. The molecule has 0 saturated heterocycles. The van der Waals surface area contributed by atoms with E-state index in [4.69, 9.17) is 9.47 Å². The van der Waals surface area contributed by atoms with Crippen molar-refractivity contribution >= 4 is 12.2 Å². The molecule has 0 spiro atoms. The lowest BCUT2D eigenvalue weighted by Crippen LogP contribution is -2.20. The van der Waals surface area contributed by atoms with Crippen molar-refractivity contribution in [3.8, 4) is 11.6 Å². The zero-order chi connectivity index (χ0) is 14.8. The highest BCUT2D eigenvalue weighted by molar-refractivity contribution is 5.67. The second-order valence-electron chi connectivity index (χ2n) is 4.51. The van der Waals surface area contributed by atoms with E-state index in [1.165, 1.54) is 0 Å². The molecule has 0 amide bonds. The Kier molecular flexibility index (Phi) is 3.35. The molecule has 108 valence electrons. The van der Waals surface area contributed by atoms with Crippen molar-refractivity contribution in [3.63, 3.8) is 0 Å². The summed E-state index contributed by atoms with van der Waals surface area (Å²) in [5, 5.41) is 7.04. The minimum absolute atomic E-state index is 0.233. The van der Waals surface area contributed by atoms with Gasteiger partial charge in [-0.15, -0.1) is 0 Å². The van der Waals surface area contributed by atoms with Gasteiger partial charge in [0.2, 0.25) is 5.88 Å². The normalized spacial score (nSPS) is 14.5. The van der Waals surface area contributed by atoms with Crippen LogP contribution in [-0.4, -0.2) is 23.9 Å². The molecule has 0 aliphatic carbocycles. The fourth-order valence-electron chi connectivity index (χ4n) is 2.17. The number of nitrogens with zero attached hydrogens (tertiary/aromatic N) is 1. The first-order valence-corrected chi connectivity index (χ1v) is 6.61. The van der Waals surface area contributed by atoms with Gasteiger partial charge in [-0.1, -0.05) is 0 Å². The fraction of sp³-hybridized carbons (Fsp3) is 0.200. The summed E-state index contributed by atoms with van der Waals surface area (Å²) in [5.74, 6) is 1.20. The number of rotatable bonds is 4. The molecular formula is C15H15N3O3. The van der Waals surface area contributed by atoms with Gasteiger partial charge in [0, 0.05) is 5.22 Å². The largest absolute Gasteiger partial charge is 0.497 e. The SMILES string of the molecule is CCOc1[nH][nH]c(=O)c1C=C1C=c2cc(OC)ccc2=N1. The summed E-state index contributed by atoms with van der Waals surface area (Å²) in [5.41, 5.74) is 0.902. The molecule has 0 atom stereocenters. The fourth-order valence-corrected chi connectivity index (χ4v) is 2.17. The van der Waals surface area contributed by atoms with Gasteiger partial charge in [-0.25, -0.2) is 4.99 Å². The van der Waals surface area contributed by atoms with Crippen molar-refractivity contribution in [2.45, 2.75) is 6.92 Å². The Balaban J connectivity index is 2.05. The van der Waals surface area contributed by atoms with Crippen molar-refractivity contribution in [2.24, 2.45) is 4.99 Å². The summed E-state index contributed by atoms with van der Waals surface area (Å²) >= 11 is 0. The van der Waals surface area contributed by atoms with Crippen LogP contribution in [0.15, 0.2) is 33.7 Å². The predicted octanol–water partition coefficient (Wildman–Crippen LogP) is 0.565. The molecule has 6 heteroatoms. The Hall–Kier alpha value is -2.76. The predicted molar refractivity (Wildman–Crippen MR) is 78.8 cm³/mol. The number of ether oxygens (including phenoxy) is 2. The van der Waals surface area contributed by atoms with Crippen LogP contribution < -0.4 is 25.6 Å². The van der Waals surface area contributed by atoms with Crippen molar-refractivity contribution in [1.29, 1.82) is 0 Å². The van der Waals surface area contributed by atoms with E-state index in [0.29, 0.717) is 23.7 Å². The lowest BCUT2D eigenvalue weighted by atomic mass is 10.2. The van der Waals surface area contributed by atoms with Crippen LogP contribution >= 0.6 is 0 Å². The number of methoxy groups -OCH3 is 1. The Bertz CT molecular complexity index is 874. The molecule has 1 aromatic heterocycles. The maximum Gasteiger partial charge on any atom is 0.275 e. The minimum Gasteiger partial charge on any atom is -0.497 e. The van der Waals surface area contributed by atoms with Crippen LogP contribution in [0.2, 0.25) is 0 Å². The van der Waals surface area contributed by atoms with E-state index >= 15 is 0 Å². The van der Waals surface area contributed by atoms with Crippen molar-refractivity contribution in [3.05, 3.63) is 50.4 Å². The van der Waals surface area contributed by atoms with Gasteiger partial charge in [-0.3, -0.25) is 15.0 Å². The quantitative estimate of drug-likeness (QED) is 0.861. The van der Waals surface area contributed by atoms with Gasteiger partial charge < -0.3 is 9.47 Å². The van der Waals surface area contributed by atoms with Crippen molar-refractivity contribution in [1.82, 2.24) is 10.2 Å². The molecule has 1 aromatic carbocycles. The second-order valence-corrected chi connectivity index (χ2v) is 4.51. The molecule has 0 saturated carbocycles. The number of fused-ring (bicyclic) bond motifs is 1. The molecule has 6 nitrogen and oxygen atoms in total. The van der Waals surface area contributed by atoms with Gasteiger partial charge in [0.05, 0.1) is 24.8 Å². The number of hydrogen-bond donors (Lipinski definition) is 2. The molecule has 2 N–H and O–H groups in total. The molecule has 0 radical (unpaired) electrons. The second kappa shape index (κ2) is 5.32. The van der Waals surface area contributed by atoms with E-state index in [-0.39, 0.29) is 5.56 Å². The monoisotopic (exact) mass is 285 g/mol. The van der Waals surface area contributed by atoms with Crippen LogP contribution in [0.3, 0.4) is 0 Å². The van der Waals surface area contributed by atoms with Crippen molar-refractivity contribution < 1.29 is 9.47 Å². The van der Waals surface area contributed by atoms with E-state index < -0.39 is 0 Å². The zero-order valence-corrected chi connectivity index (χ0v) is 11.8. The summed E-state index contributed by atoms with van der Waals surface area (Å²) in [4.78, 5) is 16.3. The van der Waals surface area contributed by atoms with Gasteiger partial charge in [0.1, 0.15) is 11.3 Å². The third kappa shape index (κ3) is 2.47. The number of aromatic amines is 2. The third-order valence-corrected chi connectivity index (χ3v) is 3.15. The molecule has 1 aliphatic heterocycles. The van der Waals surface area contributed by atoms with Crippen LogP contribution in [0, 0.1) is 0 Å². The van der Waals surface area contributed by atoms with Crippen LogP contribution in [0.1, 0.15) is 12.5 Å². The standard InChI is InChI=1S/C15H15N3O3/c1-3-21-15-12(14(19)17-18-15)8-10-6-9-7-11(20-2)4-5-13(9)16-10/h4-8H,3H2,1-2H3,(H2,17,18,19). The maximum absolute atomic E-state index is 11.8. The summed E-state index contributed by atoms with van der Waals surface area (Å²) in [7, 11) is 1.62. The van der Waals surface area contributed by atoms with E-state index in [1.54, 1.807) is 13.2 Å². The van der Waals surface area contributed by atoms with E-state index in [2.05, 4.69) is 15.2 Å². The Morgan fingerprint density at radius 1 is 1.33 bits per heavy atom. The average Bonchev–Trinajstić information content (AvgIpc) is 3.04. The summed E-state index contributed by atoms with van der Waals surface area (Å²) in [6, 6.07) is 5.65. The first-order valence-electron chi connectivity index (χ1n) is 6.61. The number of nitrogens with one attached hydrogen (secondary N) is 2. The molecule has 0 fully saturated rings. The van der Waals surface area contributed by atoms with Gasteiger partial charge in [0.15, 0.2) is 0 Å². The van der Waals surface area contributed by atoms with Crippen LogP contribution in [-0.2, 0) is 0 Å². The van der Waals surface area contributed by atoms with E-state index in [1.807, 2.05) is 31.2 Å². The minimum atomic E-state index is -0.233. The molecule has 2 aromatic rings. The average molecular weight is 285 g/mol. The molecule has 2 heterocycles. The van der Waals surface area contributed by atoms with Crippen LogP contribution in [0.25, 0.3) is 12.2 Å². The molecule has 3 rings (SSSR count). The number of benzene rings is 1. The van der Waals surface area contributed by atoms with Gasteiger partial charge in [-0.2, -0.15) is 0 Å². The molecule has 0 unspecified atom stereocenters. The van der Waals surface area contributed by atoms with Crippen LogP contribution in [0.5, 0.6) is 11.6 Å². The summed E-state index contributed by atoms with van der Waals surface area (Å²) in [6.07, 6.45) is 3.60. The van der Waals surface area contributed by atoms with E-state index in [9.17, 15) is 4.79 Å². The lowest BCUT2D eigenvalue weighted by molar-refractivity contribution is 0.325. The lowest BCUT2D eigenvalue weighted by Gasteiger charge is -1.99. The van der Waals surface area contributed by atoms with Gasteiger partial charge >= 0.3 is 0 Å². The molecule has 0 bridgehead atoms. The first-order chi connectivity index (χ1) is 10.2. The maximum atomic E-state index is 11.8.